The molecule has 0 spiro atoms. The Morgan fingerprint density at radius 1 is 0.690 bits per heavy atom. The molecule has 8 bridgehead atoms. The molecule has 0 aromatic carbocycles. The predicted molar refractivity (Wildman–Crippen MR) is 163 cm³/mol. The summed E-state index contributed by atoms with van der Waals surface area (Å²) in [5.74, 6) is 5.15. The molecule has 10 rings (SSSR count). The summed E-state index contributed by atoms with van der Waals surface area (Å²) in [6.07, 6.45) is 21.8. The van der Waals surface area contributed by atoms with Gasteiger partial charge in [0.2, 0.25) is 5.91 Å². The molecule has 8 aliphatic carbocycles. The van der Waals surface area contributed by atoms with E-state index in [2.05, 4.69) is 15.5 Å². The van der Waals surface area contributed by atoms with Crippen molar-refractivity contribution in [1.29, 1.82) is 0 Å². The minimum absolute atomic E-state index is 0.0286. The first-order valence-corrected chi connectivity index (χ1v) is 18.2. The van der Waals surface area contributed by atoms with Crippen molar-refractivity contribution in [1.82, 2.24) is 15.5 Å². The van der Waals surface area contributed by atoms with E-state index in [1.54, 1.807) is 0 Å². The molecule has 1 unspecified atom stereocenters. The molecule has 2 amide bonds. The Morgan fingerprint density at radius 2 is 1.19 bits per heavy atom. The third-order valence-electron chi connectivity index (χ3n) is 13.9. The molecule has 0 aromatic heterocycles. The van der Waals surface area contributed by atoms with Crippen molar-refractivity contribution < 1.29 is 14.2 Å². The van der Waals surface area contributed by atoms with E-state index in [9.17, 15) is 14.8 Å². The van der Waals surface area contributed by atoms with E-state index in [-0.39, 0.29) is 33.6 Å². The van der Waals surface area contributed by atoms with E-state index in [1.807, 2.05) is 0 Å². The minimum Gasteiger partial charge on any atom is -0.632 e. The number of rotatable bonds is 8. The van der Waals surface area contributed by atoms with E-state index < -0.39 is 6.04 Å². The summed E-state index contributed by atoms with van der Waals surface area (Å²) in [6.45, 7) is 2.81. The van der Waals surface area contributed by atoms with Gasteiger partial charge in [-0.1, -0.05) is 6.42 Å². The van der Waals surface area contributed by atoms with Crippen LogP contribution in [0.25, 0.3) is 0 Å². The number of quaternary nitrogens is 1. The molecule has 2 N–H and O–H groups in total. The fraction of sp³-hybridized carbons (Fsp3) is 0.943. The third-order valence-corrected chi connectivity index (χ3v) is 13.9. The molecule has 7 nitrogen and oxygen atoms in total. The lowest BCUT2D eigenvalue weighted by molar-refractivity contribution is -0.901. The maximum Gasteiger partial charge on any atom is 0.279 e. The lowest BCUT2D eigenvalue weighted by Gasteiger charge is -2.58. The van der Waals surface area contributed by atoms with E-state index >= 15 is 0 Å². The summed E-state index contributed by atoms with van der Waals surface area (Å²) in [5, 5.41) is 21.5. The van der Waals surface area contributed by atoms with E-state index in [0.717, 1.165) is 113 Å². The number of likely N-dealkylation sites (tertiary alicyclic amines) is 2. The van der Waals surface area contributed by atoms with Crippen molar-refractivity contribution >= 4 is 11.8 Å². The monoisotopic (exact) mass is 580 g/mol. The highest BCUT2D eigenvalue weighted by atomic mass is 16.5. The fourth-order valence-electron chi connectivity index (χ4n) is 13.0. The number of carbonyl (C=O) groups is 2. The summed E-state index contributed by atoms with van der Waals surface area (Å²) >= 11 is 0. The first-order chi connectivity index (χ1) is 20.3. The molecular formula is C35H56N4O3. The van der Waals surface area contributed by atoms with Gasteiger partial charge in [-0.15, -0.1) is 0 Å². The highest BCUT2D eigenvalue weighted by Crippen LogP contribution is 2.57. The molecule has 2 heterocycles. The van der Waals surface area contributed by atoms with Crippen molar-refractivity contribution in [3.05, 3.63) is 5.21 Å². The van der Waals surface area contributed by atoms with Gasteiger partial charge in [-0.2, -0.15) is 0 Å². The molecule has 3 atom stereocenters. The Hall–Kier alpha value is -1.18. The van der Waals surface area contributed by atoms with Crippen molar-refractivity contribution in [2.75, 3.05) is 26.2 Å². The van der Waals surface area contributed by atoms with Crippen LogP contribution < -0.4 is 10.6 Å². The van der Waals surface area contributed by atoms with Crippen molar-refractivity contribution in [2.24, 2.45) is 35.5 Å². The molecule has 8 saturated carbocycles. The van der Waals surface area contributed by atoms with Gasteiger partial charge < -0.3 is 20.5 Å². The Labute approximate surface area is 253 Å². The van der Waals surface area contributed by atoms with Crippen LogP contribution in [0.1, 0.15) is 122 Å². The number of amides is 2. The highest BCUT2D eigenvalue weighted by Gasteiger charge is 2.54. The zero-order chi connectivity index (χ0) is 28.5. The SMILES string of the molecule is O=C(NC12CC3CC(CC(C3)C1)C2)[C@@H]1CCCCN1CCC[N+]1([O-])CCCC[C@H]1C(=O)NC12CC3CC(CC(C3)C1)C2. The Kier molecular flexibility index (Phi) is 7.22. The van der Waals surface area contributed by atoms with Gasteiger partial charge in [0.15, 0.2) is 6.04 Å². The molecule has 2 saturated heterocycles. The number of hydrogen-bond donors (Lipinski definition) is 2. The number of nitrogens with one attached hydrogen (secondary N) is 2. The largest absolute Gasteiger partial charge is 0.632 e. The molecular weight excluding hydrogens is 524 g/mol. The van der Waals surface area contributed by atoms with Gasteiger partial charge in [0.1, 0.15) is 0 Å². The van der Waals surface area contributed by atoms with Gasteiger partial charge in [0, 0.05) is 30.5 Å². The molecule has 0 aromatic rings. The second-order valence-corrected chi connectivity index (χ2v) is 17.2. The average molecular weight is 581 g/mol. The zero-order valence-electron chi connectivity index (χ0n) is 26.0. The first kappa shape index (κ1) is 28.3. The molecule has 7 heteroatoms. The van der Waals surface area contributed by atoms with Crippen LogP contribution >= 0.6 is 0 Å². The van der Waals surface area contributed by atoms with Gasteiger partial charge in [-0.25, -0.2) is 0 Å². The molecule has 0 radical (unpaired) electrons. The van der Waals surface area contributed by atoms with Gasteiger partial charge in [0.25, 0.3) is 5.91 Å². The van der Waals surface area contributed by atoms with Crippen LogP contribution in [0.5, 0.6) is 0 Å². The maximum absolute atomic E-state index is 14.3. The summed E-state index contributed by atoms with van der Waals surface area (Å²) in [6, 6.07) is -0.508. The molecule has 234 valence electrons. The summed E-state index contributed by atoms with van der Waals surface area (Å²) in [4.78, 5) is 30.0. The van der Waals surface area contributed by atoms with E-state index in [0.29, 0.717) is 13.1 Å². The summed E-state index contributed by atoms with van der Waals surface area (Å²) in [7, 11) is 0. The number of piperidine rings is 2. The van der Waals surface area contributed by atoms with Crippen LogP contribution in [-0.4, -0.2) is 70.7 Å². The van der Waals surface area contributed by atoms with E-state index in [4.69, 9.17) is 0 Å². The Morgan fingerprint density at radius 3 is 1.74 bits per heavy atom. The molecule has 42 heavy (non-hydrogen) atoms. The minimum atomic E-state index is -0.455. The lowest BCUT2D eigenvalue weighted by Crippen LogP contribution is -2.66. The van der Waals surface area contributed by atoms with Crippen LogP contribution in [0.15, 0.2) is 0 Å². The van der Waals surface area contributed by atoms with Crippen LogP contribution in [0.3, 0.4) is 0 Å². The summed E-state index contributed by atoms with van der Waals surface area (Å²) < 4.78 is -0.351. The average Bonchev–Trinajstić information content (AvgIpc) is 2.91. The lowest BCUT2D eigenvalue weighted by atomic mass is 9.53. The van der Waals surface area contributed by atoms with Gasteiger partial charge >= 0.3 is 0 Å². The van der Waals surface area contributed by atoms with Crippen LogP contribution in [0.2, 0.25) is 0 Å². The van der Waals surface area contributed by atoms with Gasteiger partial charge in [0.05, 0.1) is 19.1 Å². The van der Waals surface area contributed by atoms with Crippen LogP contribution in [0.4, 0.5) is 0 Å². The van der Waals surface area contributed by atoms with Crippen LogP contribution in [0, 0.1) is 40.7 Å². The van der Waals surface area contributed by atoms with Gasteiger partial charge in [-0.05, 0) is 145 Å². The smallest absolute Gasteiger partial charge is 0.279 e. The topological polar surface area (TPSA) is 84.5 Å². The second kappa shape index (κ2) is 10.7. The Balaban J connectivity index is 0.884. The highest BCUT2D eigenvalue weighted by molar-refractivity contribution is 5.83. The zero-order valence-corrected chi connectivity index (χ0v) is 26.0. The van der Waals surface area contributed by atoms with Crippen molar-refractivity contribution in [3.63, 3.8) is 0 Å². The maximum atomic E-state index is 14.3. The fourth-order valence-corrected chi connectivity index (χ4v) is 13.0. The quantitative estimate of drug-likeness (QED) is 0.303. The second-order valence-electron chi connectivity index (χ2n) is 17.2. The van der Waals surface area contributed by atoms with Gasteiger partial charge in [-0.3, -0.25) is 14.5 Å². The number of hydroxylamine groups is 3. The number of hydrogen-bond acceptors (Lipinski definition) is 4. The first-order valence-electron chi connectivity index (χ1n) is 18.2. The van der Waals surface area contributed by atoms with Crippen molar-refractivity contribution in [2.45, 2.75) is 145 Å². The third kappa shape index (κ3) is 5.25. The molecule has 10 aliphatic rings. The molecule has 2 aliphatic heterocycles. The summed E-state index contributed by atoms with van der Waals surface area (Å²) in [5.41, 5.74) is 0.0312. The number of nitrogens with zero attached hydrogens (tertiary/aromatic N) is 2. The normalized spacial score (nSPS) is 49.3. The van der Waals surface area contributed by atoms with Crippen molar-refractivity contribution in [3.8, 4) is 0 Å². The standard InChI is InChI=1S/C35H56N4O3/c40-32(36-34-18-24-12-25(19-34)14-26(13-24)20-34)30-6-1-3-8-38(30)9-5-11-39(42)10-4-2-7-31(39)33(41)37-35-21-27-15-28(22-35)17-29(16-27)23-35/h24-31H,1-23H2,(H,36,40)(H,37,41)/t24?,25?,26?,27?,28?,29?,30-,31-,34?,35?,39?/m0/s1. The predicted octanol–water partition coefficient (Wildman–Crippen LogP) is 5.27. The van der Waals surface area contributed by atoms with Crippen LogP contribution in [-0.2, 0) is 9.59 Å². The Bertz CT molecular complexity index is 990. The number of carbonyl (C=O) groups excluding carboxylic acids is 2. The van der Waals surface area contributed by atoms with E-state index in [1.165, 1.54) is 57.8 Å². The molecule has 10 fully saturated rings.